The molecule has 0 aromatic rings. The fourth-order valence-electron chi connectivity index (χ4n) is 3.17. The van der Waals surface area contributed by atoms with Gasteiger partial charge in [-0.05, 0) is 59.5 Å². The van der Waals surface area contributed by atoms with Gasteiger partial charge in [0.1, 0.15) is 0 Å². The molecule has 19 heavy (non-hydrogen) atoms. The molecule has 0 aromatic heterocycles. The topological polar surface area (TPSA) is 49.4 Å². The van der Waals surface area contributed by atoms with Crippen molar-refractivity contribution in [2.75, 3.05) is 25.4 Å². The Morgan fingerprint density at radius 2 is 1.95 bits per heavy atom. The van der Waals surface area contributed by atoms with Gasteiger partial charge in [0.15, 0.2) is 9.84 Å². The molecular formula is C14H28N2O2S. The third-order valence-corrected chi connectivity index (χ3v) is 7.14. The Balaban J connectivity index is 1.91. The van der Waals surface area contributed by atoms with Crippen LogP contribution in [0.25, 0.3) is 0 Å². The lowest BCUT2D eigenvalue weighted by atomic mass is 10.0. The lowest BCUT2D eigenvalue weighted by Gasteiger charge is -2.30. The van der Waals surface area contributed by atoms with Gasteiger partial charge >= 0.3 is 0 Å². The normalized spacial score (nSPS) is 30.1. The van der Waals surface area contributed by atoms with Crippen molar-refractivity contribution < 1.29 is 8.42 Å². The highest BCUT2D eigenvalue weighted by atomic mass is 32.2. The van der Waals surface area contributed by atoms with Crippen LogP contribution in [0.4, 0.5) is 0 Å². The van der Waals surface area contributed by atoms with E-state index in [1.54, 1.807) is 20.8 Å². The van der Waals surface area contributed by atoms with E-state index in [0.717, 1.165) is 13.1 Å². The summed E-state index contributed by atoms with van der Waals surface area (Å²) in [6, 6.07) is 1.14. The van der Waals surface area contributed by atoms with E-state index in [1.807, 2.05) is 0 Å². The van der Waals surface area contributed by atoms with Gasteiger partial charge in [-0.1, -0.05) is 0 Å². The van der Waals surface area contributed by atoms with Gasteiger partial charge < -0.3 is 5.32 Å². The molecule has 4 nitrogen and oxygen atoms in total. The monoisotopic (exact) mass is 288 g/mol. The summed E-state index contributed by atoms with van der Waals surface area (Å²) < 4.78 is 23.8. The van der Waals surface area contributed by atoms with Crippen molar-refractivity contribution >= 4 is 9.84 Å². The van der Waals surface area contributed by atoms with Gasteiger partial charge in [0.2, 0.25) is 0 Å². The number of hydrogen-bond donors (Lipinski definition) is 1. The van der Waals surface area contributed by atoms with Gasteiger partial charge in [0, 0.05) is 18.6 Å². The van der Waals surface area contributed by atoms with Crippen LogP contribution in [0.5, 0.6) is 0 Å². The zero-order valence-corrected chi connectivity index (χ0v) is 13.3. The molecular weight excluding hydrogens is 260 g/mol. The molecule has 0 aromatic carbocycles. The molecule has 0 spiro atoms. The molecule has 2 rings (SSSR count). The lowest BCUT2D eigenvalue weighted by Crippen LogP contribution is -2.46. The van der Waals surface area contributed by atoms with Crippen LogP contribution >= 0.6 is 0 Å². The van der Waals surface area contributed by atoms with Crippen molar-refractivity contribution in [2.45, 2.75) is 63.3 Å². The Labute approximate surface area is 117 Å². The van der Waals surface area contributed by atoms with Crippen molar-refractivity contribution in [3.05, 3.63) is 0 Å². The highest BCUT2D eigenvalue weighted by Gasteiger charge is 2.35. The quantitative estimate of drug-likeness (QED) is 0.850. The summed E-state index contributed by atoms with van der Waals surface area (Å²) in [7, 11) is -2.99. The van der Waals surface area contributed by atoms with Crippen LogP contribution in [0.15, 0.2) is 0 Å². The van der Waals surface area contributed by atoms with Crippen molar-refractivity contribution in [1.29, 1.82) is 0 Å². The summed E-state index contributed by atoms with van der Waals surface area (Å²) in [6.45, 7) is 8.26. The molecule has 0 amide bonds. The molecule has 2 heterocycles. The van der Waals surface area contributed by atoms with E-state index in [2.05, 4.69) is 10.2 Å². The van der Waals surface area contributed by atoms with Gasteiger partial charge in [-0.3, -0.25) is 4.90 Å². The highest BCUT2D eigenvalue weighted by molar-refractivity contribution is 7.92. The number of hydrogen-bond acceptors (Lipinski definition) is 4. The minimum Gasteiger partial charge on any atom is -0.312 e. The maximum atomic E-state index is 12.2. The first-order chi connectivity index (χ1) is 8.81. The molecule has 0 aliphatic carbocycles. The van der Waals surface area contributed by atoms with E-state index in [9.17, 15) is 8.42 Å². The molecule has 2 aliphatic heterocycles. The number of rotatable bonds is 4. The fourth-order valence-corrected chi connectivity index (χ4v) is 4.26. The summed E-state index contributed by atoms with van der Waals surface area (Å²) in [4.78, 5) is 2.40. The first kappa shape index (κ1) is 15.3. The Hall–Kier alpha value is -0.130. The minimum atomic E-state index is -2.99. The standard InChI is InChI=1S/C14H28N2O2S/c1-14(2,3)19(17,18)11-10-16-9-5-7-13(16)12-6-4-8-15-12/h12-13,15H,4-11H2,1-3H3. The van der Waals surface area contributed by atoms with E-state index in [0.29, 0.717) is 24.4 Å². The maximum absolute atomic E-state index is 12.2. The van der Waals surface area contributed by atoms with Crippen LogP contribution in [-0.2, 0) is 9.84 Å². The van der Waals surface area contributed by atoms with Crippen LogP contribution < -0.4 is 5.32 Å². The first-order valence-corrected chi connectivity index (χ1v) is 9.16. The van der Waals surface area contributed by atoms with Crippen LogP contribution in [0.2, 0.25) is 0 Å². The molecule has 1 N–H and O–H groups in total. The molecule has 2 unspecified atom stereocenters. The summed E-state index contributed by atoms with van der Waals surface area (Å²) in [5, 5.41) is 3.56. The molecule has 2 saturated heterocycles. The Morgan fingerprint density at radius 1 is 1.21 bits per heavy atom. The number of sulfone groups is 1. The Bertz CT molecular complexity index is 394. The zero-order valence-electron chi connectivity index (χ0n) is 12.5. The van der Waals surface area contributed by atoms with Crippen molar-refractivity contribution in [3.63, 3.8) is 0 Å². The molecule has 112 valence electrons. The first-order valence-electron chi connectivity index (χ1n) is 7.51. The van der Waals surface area contributed by atoms with Crippen LogP contribution in [0.3, 0.4) is 0 Å². The molecule has 0 radical (unpaired) electrons. The van der Waals surface area contributed by atoms with E-state index in [4.69, 9.17) is 0 Å². The summed E-state index contributed by atoms with van der Waals surface area (Å²) in [5.74, 6) is 0.291. The molecule has 0 bridgehead atoms. The molecule has 2 aliphatic rings. The van der Waals surface area contributed by atoms with Gasteiger partial charge in [-0.2, -0.15) is 0 Å². The number of likely N-dealkylation sites (tertiary alicyclic amines) is 1. The predicted molar refractivity (Wildman–Crippen MR) is 79.2 cm³/mol. The molecule has 2 fully saturated rings. The van der Waals surface area contributed by atoms with Crippen LogP contribution in [0, 0.1) is 0 Å². The third kappa shape index (κ3) is 3.50. The van der Waals surface area contributed by atoms with Crippen molar-refractivity contribution in [2.24, 2.45) is 0 Å². The second-order valence-corrected chi connectivity index (χ2v) is 9.74. The predicted octanol–water partition coefficient (Wildman–Crippen LogP) is 1.42. The summed E-state index contributed by atoms with van der Waals surface area (Å²) in [6.07, 6.45) is 4.92. The minimum absolute atomic E-state index is 0.291. The van der Waals surface area contributed by atoms with E-state index in [1.165, 1.54) is 25.7 Å². The van der Waals surface area contributed by atoms with E-state index < -0.39 is 14.6 Å². The smallest absolute Gasteiger partial charge is 0.156 e. The van der Waals surface area contributed by atoms with E-state index >= 15 is 0 Å². The average Bonchev–Trinajstić information content (AvgIpc) is 2.95. The molecule has 2 atom stereocenters. The van der Waals surface area contributed by atoms with Gasteiger partial charge in [-0.25, -0.2) is 8.42 Å². The average molecular weight is 288 g/mol. The number of nitrogens with zero attached hydrogens (tertiary/aromatic N) is 1. The van der Waals surface area contributed by atoms with Crippen molar-refractivity contribution in [3.8, 4) is 0 Å². The Kier molecular flexibility index (Phi) is 4.58. The summed E-state index contributed by atoms with van der Waals surface area (Å²) in [5.41, 5.74) is 0. The van der Waals surface area contributed by atoms with Crippen LogP contribution in [0.1, 0.15) is 46.5 Å². The van der Waals surface area contributed by atoms with Gasteiger partial charge in [0.05, 0.1) is 10.5 Å². The third-order valence-electron chi connectivity index (χ3n) is 4.56. The highest BCUT2D eigenvalue weighted by Crippen LogP contribution is 2.25. The molecule has 5 heteroatoms. The maximum Gasteiger partial charge on any atom is 0.156 e. The lowest BCUT2D eigenvalue weighted by molar-refractivity contribution is 0.225. The molecule has 0 saturated carbocycles. The van der Waals surface area contributed by atoms with Crippen molar-refractivity contribution in [1.82, 2.24) is 10.2 Å². The Morgan fingerprint density at radius 3 is 2.53 bits per heavy atom. The summed E-state index contributed by atoms with van der Waals surface area (Å²) >= 11 is 0. The van der Waals surface area contributed by atoms with E-state index in [-0.39, 0.29) is 0 Å². The van der Waals surface area contributed by atoms with Gasteiger partial charge in [-0.15, -0.1) is 0 Å². The van der Waals surface area contributed by atoms with Gasteiger partial charge in [0.25, 0.3) is 0 Å². The largest absolute Gasteiger partial charge is 0.312 e. The number of nitrogens with one attached hydrogen (secondary N) is 1. The second kappa shape index (κ2) is 5.70. The SMILES string of the molecule is CC(C)(C)S(=O)(=O)CCN1CCCC1C1CCCN1. The fraction of sp³-hybridized carbons (Fsp3) is 1.00. The second-order valence-electron chi connectivity index (χ2n) is 6.88. The zero-order chi connectivity index (χ0) is 14.1. The van der Waals surface area contributed by atoms with Crippen LogP contribution in [-0.4, -0.2) is 55.5 Å².